The second-order valence-electron chi connectivity index (χ2n) is 26.7. The molecule has 0 bridgehead atoms. The average Bonchev–Trinajstić information content (AvgIpc) is 0.852. The Balaban J connectivity index is 1.34. The molecule has 0 aromatic carbocycles. The van der Waals surface area contributed by atoms with Gasteiger partial charge in [0, 0.05) is 6.42 Å². The van der Waals surface area contributed by atoms with Crippen molar-refractivity contribution in [2.45, 2.75) is 394 Å². The van der Waals surface area contributed by atoms with Gasteiger partial charge >= 0.3 is 0 Å². The van der Waals surface area contributed by atoms with E-state index >= 15 is 0 Å². The third kappa shape index (κ3) is 36.0. The summed E-state index contributed by atoms with van der Waals surface area (Å²) in [6.45, 7) is 1.71. The van der Waals surface area contributed by atoms with Crippen molar-refractivity contribution in [1.82, 2.24) is 5.32 Å². The van der Waals surface area contributed by atoms with Gasteiger partial charge < -0.3 is 89.9 Å². The van der Waals surface area contributed by atoms with E-state index in [9.17, 15) is 61.0 Å². The molecule has 0 spiro atoms. The Labute approximate surface area is 555 Å². The Morgan fingerprint density at radius 2 is 0.696 bits per heavy atom. The Morgan fingerprint density at radius 1 is 0.380 bits per heavy atom. The number of nitrogens with one attached hydrogen (secondary N) is 1. The van der Waals surface area contributed by atoms with Crippen LogP contribution in [-0.4, -0.2) is 193 Å². The molecule has 92 heavy (non-hydrogen) atoms. The molecule has 0 radical (unpaired) electrons. The maximum Gasteiger partial charge on any atom is 0.220 e. The maximum absolute atomic E-state index is 13.4. The SMILES string of the molecule is CCCCCC/C=C/CC/C=C/CC/C=C/C(O)C(COC1OC(CO)C(OC2OC(CO)C(OC3OC(CO)C(O)C(O)C3O)C(O)C2O)C(O)C1O)NC(=O)CCCCCCCCCCCCCCCCCCCCCCCCCCCCCCCCCCC. The number of allylic oxidation sites excluding steroid dienone is 5. The zero-order chi connectivity index (χ0) is 66.8. The van der Waals surface area contributed by atoms with E-state index in [2.05, 4.69) is 43.5 Å². The van der Waals surface area contributed by atoms with Crippen molar-refractivity contribution in [3.05, 3.63) is 36.5 Å². The van der Waals surface area contributed by atoms with Gasteiger partial charge in [-0.2, -0.15) is 0 Å². The van der Waals surface area contributed by atoms with Crippen LogP contribution in [0.15, 0.2) is 36.5 Å². The highest BCUT2D eigenvalue weighted by atomic mass is 16.8. The number of rotatable bonds is 58. The fraction of sp³-hybridized carbons (Fsp3) is 0.904. The molecule has 0 saturated carbocycles. The number of aliphatic hydroxyl groups is 11. The fourth-order valence-corrected chi connectivity index (χ4v) is 12.6. The van der Waals surface area contributed by atoms with E-state index in [1.807, 2.05) is 6.08 Å². The van der Waals surface area contributed by atoms with Gasteiger partial charge in [-0.25, -0.2) is 0 Å². The number of carbonyl (C=O) groups is 1. The summed E-state index contributed by atoms with van der Waals surface area (Å²) in [6.07, 6.45) is 38.8. The van der Waals surface area contributed by atoms with Crippen LogP contribution in [0.1, 0.15) is 290 Å². The summed E-state index contributed by atoms with van der Waals surface area (Å²) >= 11 is 0. The number of ether oxygens (including phenoxy) is 6. The quantitative estimate of drug-likeness (QED) is 0.0199. The number of aliphatic hydroxyl groups excluding tert-OH is 11. The molecule has 1 amide bonds. The second kappa shape index (κ2) is 55.0. The van der Waals surface area contributed by atoms with Crippen LogP contribution in [0.5, 0.6) is 0 Å². The molecule has 19 nitrogen and oxygen atoms in total. The van der Waals surface area contributed by atoms with Crippen LogP contribution >= 0.6 is 0 Å². The van der Waals surface area contributed by atoms with Crippen LogP contribution in [0.25, 0.3) is 0 Å². The van der Waals surface area contributed by atoms with Crippen molar-refractivity contribution in [1.29, 1.82) is 0 Å². The van der Waals surface area contributed by atoms with Gasteiger partial charge in [0.25, 0.3) is 0 Å². The Hall–Kier alpha value is -1.99. The molecule has 3 aliphatic rings. The van der Waals surface area contributed by atoms with E-state index in [-0.39, 0.29) is 18.9 Å². The van der Waals surface area contributed by atoms with Crippen LogP contribution in [-0.2, 0) is 33.2 Å². The van der Waals surface area contributed by atoms with Gasteiger partial charge in [0.15, 0.2) is 18.9 Å². The molecule has 3 fully saturated rings. The summed E-state index contributed by atoms with van der Waals surface area (Å²) in [6, 6.07) is -0.994. The van der Waals surface area contributed by atoms with Crippen molar-refractivity contribution in [3.63, 3.8) is 0 Å². The molecule has 0 aromatic heterocycles. The van der Waals surface area contributed by atoms with E-state index in [1.165, 1.54) is 212 Å². The van der Waals surface area contributed by atoms with Gasteiger partial charge in [0.2, 0.25) is 5.91 Å². The lowest BCUT2D eigenvalue weighted by atomic mass is 9.96. The highest BCUT2D eigenvalue weighted by molar-refractivity contribution is 5.76. The number of carbonyl (C=O) groups excluding carboxylic acids is 1. The third-order valence-electron chi connectivity index (χ3n) is 18.7. The minimum absolute atomic E-state index is 0.236. The largest absolute Gasteiger partial charge is 0.394 e. The van der Waals surface area contributed by atoms with Crippen molar-refractivity contribution in [3.8, 4) is 0 Å². The number of unbranched alkanes of at least 4 members (excludes halogenated alkanes) is 38. The van der Waals surface area contributed by atoms with E-state index in [1.54, 1.807) is 6.08 Å². The predicted octanol–water partition coefficient (Wildman–Crippen LogP) is 10.8. The van der Waals surface area contributed by atoms with Crippen molar-refractivity contribution < 1.29 is 89.4 Å². The first-order chi connectivity index (χ1) is 44.8. The molecular formula is C73H135NO18. The van der Waals surface area contributed by atoms with Gasteiger partial charge in [-0.1, -0.05) is 275 Å². The molecule has 0 aromatic rings. The molecule has 540 valence electrons. The van der Waals surface area contributed by atoms with E-state index in [0.717, 1.165) is 44.9 Å². The van der Waals surface area contributed by atoms with Crippen LogP contribution in [0.3, 0.4) is 0 Å². The monoisotopic (exact) mass is 1310 g/mol. The van der Waals surface area contributed by atoms with Gasteiger partial charge in [0.1, 0.15) is 73.2 Å². The predicted molar refractivity (Wildman–Crippen MR) is 360 cm³/mol. The molecule has 12 N–H and O–H groups in total. The lowest BCUT2D eigenvalue weighted by Gasteiger charge is -2.48. The molecule has 17 atom stereocenters. The highest BCUT2D eigenvalue weighted by Gasteiger charge is 2.53. The molecule has 3 saturated heterocycles. The summed E-state index contributed by atoms with van der Waals surface area (Å²) in [5, 5.41) is 120. The van der Waals surface area contributed by atoms with E-state index < -0.39 is 124 Å². The third-order valence-corrected chi connectivity index (χ3v) is 18.7. The van der Waals surface area contributed by atoms with Crippen molar-refractivity contribution >= 4 is 5.91 Å². The van der Waals surface area contributed by atoms with Gasteiger partial charge in [-0.15, -0.1) is 0 Å². The number of hydrogen-bond acceptors (Lipinski definition) is 18. The smallest absolute Gasteiger partial charge is 0.220 e. The van der Waals surface area contributed by atoms with Crippen LogP contribution in [0.4, 0.5) is 0 Å². The Bertz CT molecular complexity index is 1810. The molecule has 19 heteroatoms. The number of amides is 1. The highest BCUT2D eigenvalue weighted by Crippen LogP contribution is 2.33. The summed E-state index contributed by atoms with van der Waals surface area (Å²) in [7, 11) is 0. The fourth-order valence-electron chi connectivity index (χ4n) is 12.6. The zero-order valence-electron chi connectivity index (χ0n) is 57.3. The molecular weight excluding hydrogens is 1180 g/mol. The second-order valence-corrected chi connectivity index (χ2v) is 26.7. The maximum atomic E-state index is 13.4. The lowest BCUT2D eigenvalue weighted by molar-refractivity contribution is -0.379. The van der Waals surface area contributed by atoms with Gasteiger partial charge in [-0.05, 0) is 44.9 Å². The molecule has 3 heterocycles. The molecule has 17 unspecified atom stereocenters. The first-order valence-electron chi connectivity index (χ1n) is 37.2. The summed E-state index contributed by atoms with van der Waals surface area (Å²) in [5.74, 6) is -0.285. The van der Waals surface area contributed by atoms with Gasteiger partial charge in [0.05, 0.1) is 38.6 Å². The first kappa shape index (κ1) is 84.2. The van der Waals surface area contributed by atoms with Crippen LogP contribution in [0, 0.1) is 0 Å². The molecule has 3 aliphatic heterocycles. The van der Waals surface area contributed by atoms with Crippen molar-refractivity contribution in [2.75, 3.05) is 26.4 Å². The van der Waals surface area contributed by atoms with E-state index in [4.69, 9.17) is 28.4 Å². The zero-order valence-corrected chi connectivity index (χ0v) is 57.3. The Kier molecular flexibility index (Phi) is 50.3. The topological polar surface area (TPSA) is 307 Å². The minimum Gasteiger partial charge on any atom is -0.394 e. The van der Waals surface area contributed by atoms with Crippen molar-refractivity contribution in [2.24, 2.45) is 0 Å². The summed E-state index contributed by atoms with van der Waals surface area (Å²) in [5.41, 5.74) is 0. The minimum atomic E-state index is -1.98. The normalized spacial score (nSPS) is 27.9. The van der Waals surface area contributed by atoms with E-state index in [0.29, 0.717) is 12.8 Å². The molecule has 0 aliphatic carbocycles. The Morgan fingerprint density at radius 3 is 1.09 bits per heavy atom. The number of hydrogen-bond donors (Lipinski definition) is 12. The van der Waals surface area contributed by atoms with Crippen LogP contribution < -0.4 is 5.32 Å². The average molecular weight is 1310 g/mol. The lowest BCUT2D eigenvalue weighted by Crippen LogP contribution is -2.66. The summed E-state index contributed by atoms with van der Waals surface area (Å²) in [4.78, 5) is 13.4. The first-order valence-corrected chi connectivity index (χ1v) is 37.2. The summed E-state index contributed by atoms with van der Waals surface area (Å²) < 4.78 is 34.3. The van der Waals surface area contributed by atoms with Gasteiger partial charge in [-0.3, -0.25) is 4.79 Å². The van der Waals surface area contributed by atoms with Crippen LogP contribution in [0.2, 0.25) is 0 Å². The standard InChI is InChI=1S/C73H135NO18/c1-3-5-7-9-11-13-15-17-19-20-21-22-23-24-25-26-27-28-29-30-31-32-33-34-35-36-37-39-41-43-45-47-49-51-61(79)74-56(57(78)50-48-46-44-42-40-38-18-16-14-12-10-8-6-4-2)55-87-71-67(85)64(82)69(59(53-76)89-71)92-73-68(86)65(83)70(60(54-77)90-73)91-72-66(84)63(81)62(80)58(52-75)88-72/h14,16,40,42,48,50,56-60,62-73,75-78,80-86H,3-13,15,17-39,41,43-47,49,51-55H2,1-2H3,(H,74,79)/b16-14+,42-40+,50-48+. The molecule has 3 rings (SSSR count).